The van der Waals surface area contributed by atoms with Crippen LogP contribution in [0.1, 0.15) is 5.56 Å². The maximum Gasteiger partial charge on any atom is 0.160 e. The van der Waals surface area contributed by atoms with E-state index in [0.29, 0.717) is 0 Å². The van der Waals surface area contributed by atoms with Gasteiger partial charge in [-0.05, 0) is 35.7 Å². The van der Waals surface area contributed by atoms with E-state index in [9.17, 15) is 0 Å². The quantitative estimate of drug-likeness (QED) is 0.314. The first-order chi connectivity index (χ1) is 15.3. The van der Waals surface area contributed by atoms with Crippen molar-refractivity contribution < 1.29 is 0 Å². The zero-order chi connectivity index (χ0) is 21.0. The third-order valence-corrected chi connectivity index (χ3v) is 5.43. The van der Waals surface area contributed by atoms with Crippen molar-refractivity contribution in [3.05, 3.63) is 121 Å². The Balaban J connectivity index is 1.64. The molecule has 1 heterocycles. The van der Waals surface area contributed by atoms with Crippen LogP contribution in [0.15, 0.2) is 115 Å². The molecule has 5 rings (SSSR count). The van der Waals surface area contributed by atoms with Gasteiger partial charge in [0.2, 0.25) is 0 Å². The molecule has 0 unspecified atom stereocenters. The van der Waals surface area contributed by atoms with Crippen molar-refractivity contribution in [1.29, 1.82) is 0 Å². The van der Waals surface area contributed by atoms with E-state index in [1.807, 2.05) is 42.5 Å². The Labute approximate surface area is 182 Å². The van der Waals surface area contributed by atoms with Crippen molar-refractivity contribution in [2.75, 3.05) is 0 Å². The van der Waals surface area contributed by atoms with Gasteiger partial charge in [-0.15, -0.1) is 0 Å². The number of aromatic nitrogens is 2. The molecular weight excluding hydrogens is 376 g/mol. The molecule has 0 N–H and O–H groups in total. The minimum absolute atomic E-state index is 0.738. The summed E-state index contributed by atoms with van der Waals surface area (Å²) in [7, 11) is 0. The van der Waals surface area contributed by atoms with Gasteiger partial charge in [-0.1, -0.05) is 103 Å². The Bertz CT molecular complexity index is 1250. The van der Waals surface area contributed by atoms with Crippen molar-refractivity contribution >= 4 is 0 Å². The van der Waals surface area contributed by atoms with Crippen molar-refractivity contribution in [3.63, 3.8) is 0 Å². The van der Waals surface area contributed by atoms with E-state index >= 15 is 0 Å². The molecule has 0 aliphatic heterocycles. The predicted octanol–water partition coefficient (Wildman–Crippen LogP) is 7.45. The van der Waals surface area contributed by atoms with Crippen molar-refractivity contribution in [2.24, 2.45) is 0 Å². The van der Waals surface area contributed by atoms with Crippen LogP contribution in [0, 0.1) is 6.92 Å². The topological polar surface area (TPSA) is 25.8 Å². The van der Waals surface area contributed by atoms with Gasteiger partial charge in [0.1, 0.15) is 0 Å². The fourth-order valence-corrected chi connectivity index (χ4v) is 3.83. The summed E-state index contributed by atoms with van der Waals surface area (Å²) in [6.07, 6.45) is 0. The molecule has 0 bridgehead atoms. The number of hydrogen-bond donors (Lipinski definition) is 0. The Kier molecular flexibility index (Phi) is 5.12. The molecule has 0 aliphatic rings. The molecular formula is C29H22N2. The minimum atomic E-state index is 0.738. The van der Waals surface area contributed by atoms with Crippen LogP contribution < -0.4 is 0 Å². The number of rotatable bonds is 4. The third-order valence-electron chi connectivity index (χ3n) is 5.43. The fraction of sp³-hybridized carbons (Fsp3) is 0.0345. The van der Waals surface area contributed by atoms with Crippen LogP contribution in [0.2, 0.25) is 0 Å². The number of benzene rings is 4. The van der Waals surface area contributed by atoms with Crippen LogP contribution in [0.4, 0.5) is 0 Å². The summed E-state index contributed by atoms with van der Waals surface area (Å²) in [6, 6.07) is 39.6. The maximum absolute atomic E-state index is 4.93. The second-order valence-corrected chi connectivity index (χ2v) is 7.59. The number of aryl methyl sites for hydroxylation is 1. The molecule has 148 valence electrons. The van der Waals surface area contributed by atoms with Gasteiger partial charge in [0.05, 0.1) is 11.4 Å². The molecule has 31 heavy (non-hydrogen) atoms. The normalized spacial score (nSPS) is 10.7. The van der Waals surface area contributed by atoms with E-state index in [4.69, 9.17) is 9.97 Å². The molecule has 0 aliphatic carbocycles. The average Bonchev–Trinajstić information content (AvgIpc) is 2.85. The lowest BCUT2D eigenvalue weighted by Gasteiger charge is -2.12. The maximum atomic E-state index is 4.93. The summed E-state index contributed by atoms with van der Waals surface area (Å²) >= 11 is 0. The summed E-state index contributed by atoms with van der Waals surface area (Å²) in [4.78, 5) is 9.81. The van der Waals surface area contributed by atoms with E-state index in [-0.39, 0.29) is 0 Å². The van der Waals surface area contributed by atoms with Crippen LogP contribution in [0.25, 0.3) is 45.0 Å². The van der Waals surface area contributed by atoms with E-state index in [1.165, 1.54) is 16.7 Å². The largest absolute Gasteiger partial charge is 0.228 e. The number of nitrogens with zero attached hydrogens (tertiary/aromatic N) is 2. The lowest BCUT2D eigenvalue weighted by Crippen LogP contribution is -1.96. The molecule has 1 aromatic heterocycles. The van der Waals surface area contributed by atoms with Gasteiger partial charge in [0.25, 0.3) is 0 Å². The Morgan fingerprint density at radius 1 is 0.452 bits per heavy atom. The van der Waals surface area contributed by atoms with Gasteiger partial charge < -0.3 is 0 Å². The van der Waals surface area contributed by atoms with Crippen LogP contribution in [0.5, 0.6) is 0 Å². The first-order valence-electron chi connectivity index (χ1n) is 10.4. The summed E-state index contributed by atoms with van der Waals surface area (Å²) < 4.78 is 0. The standard InChI is InChI=1S/C29H22N2/c1-21-19-25(17-18-26(21)22-11-5-2-6-12-22)28-20-27(23-13-7-3-8-14-23)30-29(31-28)24-15-9-4-10-16-24/h2-20H,1H3. The monoisotopic (exact) mass is 398 g/mol. The van der Waals surface area contributed by atoms with E-state index in [0.717, 1.165) is 33.9 Å². The van der Waals surface area contributed by atoms with Gasteiger partial charge in [0, 0.05) is 16.7 Å². The second-order valence-electron chi connectivity index (χ2n) is 7.59. The third kappa shape index (κ3) is 4.01. The van der Waals surface area contributed by atoms with Gasteiger partial charge >= 0.3 is 0 Å². The van der Waals surface area contributed by atoms with Crippen LogP contribution in [0.3, 0.4) is 0 Å². The van der Waals surface area contributed by atoms with Gasteiger partial charge in [-0.25, -0.2) is 9.97 Å². The highest BCUT2D eigenvalue weighted by Gasteiger charge is 2.11. The van der Waals surface area contributed by atoms with Crippen molar-refractivity contribution in [1.82, 2.24) is 9.97 Å². The predicted molar refractivity (Wildman–Crippen MR) is 129 cm³/mol. The van der Waals surface area contributed by atoms with Crippen LogP contribution >= 0.6 is 0 Å². The molecule has 4 aromatic carbocycles. The molecule has 0 radical (unpaired) electrons. The Hall–Kier alpha value is -4.04. The SMILES string of the molecule is Cc1cc(-c2cc(-c3ccccc3)nc(-c3ccccc3)n2)ccc1-c1ccccc1. The van der Waals surface area contributed by atoms with E-state index < -0.39 is 0 Å². The molecule has 0 saturated heterocycles. The van der Waals surface area contributed by atoms with E-state index in [2.05, 4.69) is 79.7 Å². The molecule has 0 spiro atoms. The highest BCUT2D eigenvalue weighted by Crippen LogP contribution is 2.31. The Morgan fingerprint density at radius 2 is 0.968 bits per heavy atom. The molecule has 0 saturated carbocycles. The van der Waals surface area contributed by atoms with Crippen molar-refractivity contribution in [3.8, 4) is 45.0 Å². The van der Waals surface area contributed by atoms with Crippen LogP contribution in [-0.2, 0) is 0 Å². The zero-order valence-corrected chi connectivity index (χ0v) is 17.4. The highest BCUT2D eigenvalue weighted by molar-refractivity contribution is 5.75. The second kappa shape index (κ2) is 8.37. The summed E-state index contributed by atoms with van der Waals surface area (Å²) in [5.74, 6) is 0.738. The fourth-order valence-electron chi connectivity index (χ4n) is 3.83. The average molecular weight is 399 g/mol. The smallest absolute Gasteiger partial charge is 0.160 e. The molecule has 0 fully saturated rings. The first-order valence-corrected chi connectivity index (χ1v) is 10.4. The number of hydrogen-bond acceptors (Lipinski definition) is 2. The molecule has 5 aromatic rings. The van der Waals surface area contributed by atoms with Gasteiger partial charge in [-0.2, -0.15) is 0 Å². The zero-order valence-electron chi connectivity index (χ0n) is 17.4. The summed E-state index contributed by atoms with van der Waals surface area (Å²) in [5, 5.41) is 0. The summed E-state index contributed by atoms with van der Waals surface area (Å²) in [6.45, 7) is 2.16. The lowest BCUT2D eigenvalue weighted by atomic mass is 9.97. The van der Waals surface area contributed by atoms with Crippen LogP contribution in [-0.4, -0.2) is 9.97 Å². The molecule has 2 nitrogen and oxygen atoms in total. The highest BCUT2D eigenvalue weighted by atomic mass is 14.9. The van der Waals surface area contributed by atoms with E-state index in [1.54, 1.807) is 0 Å². The van der Waals surface area contributed by atoms with Gasteiger partial charge in [0.15, 0.2) is 5.82 Å². The minimum Gasteiger partial charge on any atom is -0.228 e. The molecule has 2 heteroatoms. The first kappa shape index (κ1) is 19.0. The lowest BCUT2D eigenvalue weighted by molar-refractivity contribution is 1.18. The van der Waals surface area contributed by atoms with Crippen molar-refractivity contribution in [2.45, 2.75) is 6.92 Å². The Morgan fingerprint density at radius 3 is 1.55 bits per heavy atom. The molecule has 0 amide bonds. The van der Waals surface area contributed by atoms with Gasteiger partial charge in [-0.3, -0.25) is 0 Å². The molecule has 0 atom stereocenters. The summed E-state index contributed by atoms with van der Waals surface area (Å²) in [5.41, 5.74) is 8.73.